The molecule has 0 aliphatic carbocycles. The number of nitrogens with one attached hydrogen (secondary N) is 2. The number of nitrogens with zero attached hydrogens (tertiary/aromatic N) is 1. The van der Waals surface area contributed by atoms with Crippen molar-refractivity contribution in [1.82, 2.24) is 5.43 Å². The number of anilines is 1. The summed E-state index contributed by atoms with van der Waals surface area (Å²) in [6.07, 6.45) is 1.42. The molecular formula is C24H22ClN3O5. The molecule has 0 aliphatic heterocycles. The number of carbonyl (C=O) groups is 2. The second-order valence-electron chi connectivity index (χ2n) is 6.71. The van der Waals surface area contributed by atoms with Gasteiger partial charge in [-0.25, -0.2) is 5.43 Å². The highest BCUT2D eigenvalue weighted by molar-refractivity contribution is 6.39. The van der Waals surface area contributed by atoms with Crippen molar-refractivity contribution in [2.45, 2.75) is 6.61 Å². The van der Waals surface area contributed by atoms with Gasteiger partial charge in [0.25, 0.3) is 0 Å². The molecule has 0 atom stereocenters. The highest BCUT2D eigenvalue weighted by Gasteiger charge is 2.14. The van der Waals surface area contributed by atoms with Gasteiger partial charge in [-0.1, -0.05) is 23.7 Å². The summed E-state index contributed by atoms with van der Waals surface area (Å²) in [7, 11) is 2.98. The number of benzene rings is 3. The lowest BCUT2D eigenvalue weighted by Crippen LogP contribution is -2.32. The molecule has 2 N–H and O–H groups in total. The molecule has 0 spiro atoms. The SMILES string of the molecule is COc1ccc(NC(=O)C(=O)N/N=C\c2ccc(OCc3ccc(Cl)cc3)cc2)cc1OC. The molecule has 3 aromatic carbocycles. The highest BCUT2D eigenvalue weighted by Crippen LogP contribution is 2.29. The minimum atomic E-state index is -0.913. The molecule has 33 heavy (non-hydrogen) atoms. The molecule has 8 nitrogen and oxygen atoms in total. The van der Waals surface area contributed by atoms with E-state index in [0.29, 0.717) is 34.6 Å². The molecule has 2 amide bonds. The second-order valence-corrected chi connectivity index (χ2v) is 7.14. The van der Waals surface area contributed by atoms with Crippen LogP contribution in [0.4, 0.5) is 5.69 Å². The Morgan fingerprint density at radius 2 is 1.61 bits per heavy atom. The van der Waals surface area contributed by atoms with Crippen LogP contribution in [0.25, 0.3) is 0 Å². The van der Waals surface area contributed by atoms with Gasteiger partial charge in [0.1, 0.15) is 12.4 Å². The third-order valence-corrected chi connectivity index (χ3v) is 4.68. The summed E-state index contributed by atoms with van der Waals surface area (Å²) >= 11 is 5.87. The van der Waals surface area contributed by atoms with Crippen LogP contribution < -0.4 is 25.0 Å². The third-order valence-electron chi connectivity index (χ3n) is 4.43. The summed E-state index contributed by atoms with van der Waals surface area (Å²) in [6, 6.07) is 19.3. The first-order chi connectivity index (χ1) is 16.0. The first kappa shape index (κ1) is 23.6. The van der Waals surface area contributed by atoms with Crippen LogP contribution in [0.2, 0.25) is 5.02 Å². The zero-order valence-electron chi connectivity index (χ0n) is 18.0. The Morgan fingerprint density at radius 3 is 2.27 bits per heavy atom. The van der Waals surface area contributed by atoms with Crippen LogP contribution in [0.3, 0.4) is 0 Å². The minimum Gasteiger partial charge on any atom is -0.493 e. The lowest BCUT2D eigenvalue weighted by atomic mass is 10.2. The summed E-state index contributed by atoms with van der Waals surface area (Å²) < 4.78 is 16.0. The maximum Gasteiger partial charge on any atom is 0.329 e. The molecule has 0 saturated heterocycles. The van der Waals surface area contributed by atoms with Crippen LogP contribution in [0.5, 0.6) is 17.2 Å². The van der Waals surface area contributed by atoms with Crippen LogP contribution >= 0.6 is 11.6 Å². The fourth-order valence-electron chi connectivity index (χ4n) is 2.72. The van der Waals surface area contributed by atoms with E-state index in [1.807, 2.05) is 24.3 Å². The quantitative estimate of drug-likeness (QED) is 0.296. The summed E-state index contributed by atoms with van der Waals surface area (Å²) in [5.74, 6) is -0.171. The van der Waals surface area contributed by atoms with Gasteiger partial charge in [-0.3, -0.25) is 9.59 Å². The van der Waals surface area contributed by atoms with E-state index in [2.05, 4.69) is 15.8 Å². The molecule has 0 unspecified atom stereocenters. The van der Waals surface area contributed by atoms with E-state index in [4.69, 9.17) is 25.8 Å². The van der Waals surface area contributed by atoms with Gasteiger partial charge in [0.2, 0.25) is 0 Å². The molecule has 3 aromatic rings. The Bertz CT molecular complexity index is 1130. The van der Waals surface area contributed by atoms with Gasteiger partial charge >= 0.3 is 11.8 Å². The molecule has 9 heteroatoms. The van der Waals surface area contributed by atoms with Crippen molar-refractivity contribution in [3.63, 3.8) is 0 Å². The largest absolute Gasteiger partial charge is 0.493 e. The Labute approximate surface area is 196 Å². The zero-order valence-corrected chi connectivity index (χ0v) is 18.8. The van der Waals surface area contributed by atoms with Crippen LogP contribution in [-0.2, 0) is 16.2 Å². The number of carbonyl (C=O) groups excluding carboxylic acids is 2. The molecule has 0 saturated carbocycles. The summed E-state index contributed by atoms with van der Waals surface area (Å²) in [5.41, 5.74) is 4.29. The van der Waals surface area contributed by atoms with Gasteiger partial charge in [0, 0.05) is 16.8 Å². The number of hydrogen-bond donors (Lipinski definition) is 2. The first-order valence-electron chi connectivity index (χ1n) is 9.82. The molecule has 0 radical (unpaired) electrons. The topological polar surface area (TPSA) is 98.2 Å². The van der Waals surface area contributed by atoms with Gasteiger partial charge in [-0.15, -0.1) is 0 Å². The van der Waals surface area contributed by atoms with E-state index in [1.165, 1.54) is 20.4 Å². The van der Waals surface area contributed by atoms with E-state index in [-0.39, 0.29) is 0 Å². The normalized spacial score (nSPS) is 10.5. The summed E-state index contributed by atoms with van der Waals surface area (Å²) in [4.78, 5) is 24.1. The number of amides is 2. The average molecular weight is 468 g/mol. The van der Waals surface area contributed by atoms with Gasteiger partial charge in [-0.2, -0.15) is 5.10 Å². The predicted octanol–water partition coefficient (Wildman–Crippen LogP) is 4.03. The molecule has 0 heterocycles. The van der Waals surface area contributed by atoms with Crippen LogP contribution in [0, 0.1) is 0 Å². The van der Waals surface area contributed by atoms with E-state index in [9.17, 15) is 9.59 Å². The average Bonchev–Trinajstić information content (AvgIpc) is 2.84. The number of hydrogen-bond acceptors (Lipinski definition) is 6. The predicted molar refractivity (Wildman–Crippen MR) is 126 cm³/mol. The number of ether oxygens (including phenoxy) is 3. The molecule has 0 aliphatic rings. The van der Waals surface area contributed by atoms with Crippen LogP contribution in [0.15, 0.2) is 71.8 Å². The summed E-state index contributed by atoms with van der Waals surface area (Å²) in [5, 5.41) is 6.96. The van der Waals surface area contributed by atoms with Crippen molar-refractivity contribution in [1.29, 1.82) is 0 Å². The van der Waals surface area contributed by atoms with Crippen molar-refractivity contribution in [2.24, 2.45) is 5.10 Å². The lowest BCUT2D eigenvalue weighted by Gasteiger charge is -2.10. The van der Waals surface area contributed by atoms with Crippen LogP contribution in [0.1, 0.15) is 11.1 Å². The van der Waals surface area contributed by atoms with Gasteiger partial charge < -0.3 is 19.5 Å². The molecule has 0 aromatic heterocycles. The molecule has 0 bridgehead atoms. The van der Waals surface area contributed by atoms with Crippen molar-refractivity contribution in [3.8, 4) is 17.2 Å². The number of methoxy groups -OCH3 is 2. The molecule has 3 rings (SSSR count). The third kappa shape index (κ3) is 6.98. The van der Waals surface area contributed by atoms with E-state index >= 15 is 0 Å². The molecular weight excluding hydrogens is 446 g/mol. The summed E-state index contributed by atoms with van der Waals surface area (Å²) in [6.45, 7) is 0.413. The van der Waals surface area contributed by atoms with E-state index in [0.717, 1.165) is 11.1 Å². The van der Waals surface area contributed by atoms with Crippen molar-refractivity contribution < 1.29 is 23.8 Å². The smallest absolute Gasteiger partial charge is 0.329 e. The van der Waals surface area contributed by atoms with Crippen molar-refractivity contribution in [3.05, 3.63) is 82.9 Å². The molecule has 0 fully saturated rings. The van der Waals surface area contributed by atoms with E-state index < -0.39 is 11.8 Å². The Hall–Kier alpha value is -4.04. The fourth-order valence-corrected chi connectivity index (χ4v) is 2.84. The van der Waals surface area contributed by atoms with Crippen molar-refractivity contribution >= 4 is 35.3 Å². The fraction of sp³-hybridized carbons (Fsp3) is 0.125. The standard InChI is InChI=1S/C24H22ClN3O5/c1-31-21-12-9-19(13-22(21)32-2)27-23(29)24(30)28-26-14-16-5-10-20(11-6-16)33-15-17-3-7-18(25)8-4-17/h3-14H,15H2,1-2H3,(H,27,29)(H,28,30)/b26-14-. The van der Waals surface area contributed by atoms with Gasteiger partial charge in [-0.05, 0) is 59.7 Å². The number of hydrazone groups is 1. The van der Waals surface area contributed by atoms with Crippen LogP contribution in [-0.4, -0.2) is 32.2 Å². The first-order valence-corrected chi connectivity index (χ1v) is 10.2. The minimum absolute atomic E-state index is 0.381. The zero-order chi connectivity index (χ0) is 23.6. The van der Waals surface area contributed by atoms with E-state index in [1.54, 1.807) is 42.5 Å². The monoisotopic (exact) mass is 467 g/mol. The molecule has 170 valence electrons. The van der Waals surface area contributed by atoms with Crippen molar-refractivity contribution in [2.75, 3.05) is 19.5 Å². The highest BCUT2D eigenvalue weighted by atomic mass is 35.5. The Balaban J connectivity index is 1.48. The van der Waals surface area contributed by atoms with Gasteiger partial charge in [0.05, 0.1) is 20.4 Å². The van der Waals surface area contributed by atoms with Gasteiger partial charge in [0.15, 0.2) is 11.5 Å². The Morgan fingerprint density at radius 1 is 0.909 bits per heavy atom. The maximum atomic E-state index is 12.1. The maximum absolute atomic E-state index is 12.1. The lowest BCUT2D eigenvalue weighted by molar-refractivity contribution is -0.136. The number of rotatable bonds is 8. The second kappa shape index (κ2) is 11.5. The Kier molecular flexibility index (Phi) is 8.26. The number of halogens is 1.